The van der Waals surface area contributed by atoms with Gasteiger partial charge in [-0.2, -0.15) is 0 Å². The number of aromatic hydroxyl groups is 1. The second-order valence-electron chi connectivity index (χ2n) is 6.78. The predicted molar refractivity (Wildman–Crippen MR) is 80.1 cm³/mol. The van der Waals surface area contributed by atoms with Gasteiger partial charge >= 0.3 is 0 Å². The summed E-state index contributed by atoms with van der Waals surface area (Å²) in [6, 6.07) is 1.33. The first-order valence-corrected chi connectivity index (χ1v) is 7.55. The molecular formula is C18H24O3. The number of benzene rings is 1. The third kappa shape index (κ3) is 1.80. The fourth-order valence-electron chi connectivity index (χ4n) is 4.63. The molecule has 0 spiro atoms. The van der Waals surface area contributed by atoms with Crippen LogP contribution >= 0.6 is 0 Å². The van der Waals surface area contributed by atoms with E-state index in [1.165, 1.54) is 6.07 Å². The zero-order valence-corrected chi connectivity index (χ0v) is 12.0. The van der Waals surface area contributed by atoms with Crippen LogP contribution in [0.4, 0.5) is 0 Å². The van der Waals surface area contributed by atoms with Gasteiger partial charge in [0, 0.05) is 2.74 Å². The Balaban J connectivity index is 1.87. The lowest BCUT2D eigenvalue weighted by molar-refractivity contribution is -0.0505. The molecule has 0 amide bonds. The van der Waals surface area contributed by atoms with Crippen LogP contribution in [0.5, 0.6) is 5.75 Å². The normalized spacial score (nSPS) is 58.3. The number of phenolic OH excluding ortho intramolecular Hbond substituents is 1. The van der Waals surface area contributed by atoms with E-state index in [4.69, 9.17) is 8.22 Å². The number of hydrogen-bond acceptors (Lipinski definition) is 3. The van der Waals surface area contributed by atoms with Crippen LogP contribution in [0, 0.1) is 17.3 Å². The number of aliphatic hydroxyl groups is 2. The minimum atomic E-state index is -2.95. The topological polar surface area (TPSA) is 60.7 Å². The quantitative estimate of drug-likeness (QED) is 0.689. The zero-order valence-electron chi connectivity index (χ0n) is 18.0. The monoisotopic (exact) mass is 294 g/mol. The molecule has 0 heterocycles. The highest BCUT2D eigenvalue weighted by atomic mass is 16.3. The van der Waals surface area contributed by atoms with E-state index in [2.05, 4.69) is 0 Å². The molecule has 2 fully saturated rings. The smallest absolute Gasteiger partial charge is 0.115 e. The SMILES string of the molecule is [2H]c1cc2c(c([2H])c1O)CC[C@@H]1C2CC[C@@]2(C)C1C([2H])([2H])[C@]([2H])(O)[C@]2([2H])O. The van der Waals surface area contributed by atoms with Gasteiger partial charge in [-0.15, -0.1) is 0 Å². The first-order valence-electron chi connectivity index (χ1n) is 10.6. The molecule has 2 unspecified atom stereocenters. The Kier molecular flexibility index (Phi) is 1.82. The Bertz CT molecular complexity index is 824. The van der Waals surface area contributed by atoms with Crippen molar-refractivity contribution in [3.63, 3.8) is 0 Å². The molecule has 4 rings (SSSR count). The Morgan fingerprint density at radius 1 is 1.43 bits per heavy atom. The summed E-state index contributed by atoms with van der Waals surface area (Å²) < 4.78 is 49.4. The average Bonchev–Trinajstić information content (AvgIpc) is 2.66. The van der Waals surface area contributed by atoms with Crippen LogP contribution in [-0.2, 0) is 6.42 Å². The summed E-state index contributed by atoms with van der Waals surface area (Å²) in [5.41, 5.74) is 0.121. The lowest BCUT2D eigenvalue weighted by Crippen LogP contribution is -2.44. The number of fused-ring (bicyclic) bond motifs is 5. The van der Waals surface area contributed by atoms with Crippen LogP contribution in [0.3, 0.4) is 0 Å². The highest BCUT2D eigenvalue weighted by Gasteiger charge is 2.57. The molecule has 21 heavy (non-hydrogen) atoms. The van der Waals surface area contributed by atoms with Crippen LogP contribution in [0.15, 0.2) is 18.2 Å². The highest BCUT2D eigenvalue weighted by molar-refractivity contribution is 5.40. The molecule has 2 saturated carbocycles. The molecule has 0 aliphatic heterocycles. The summed E-state index contributed by atoms with van der Waals surface area (Å²) in [5.74, 6) is -1.78. The van der Waals surface area contributed by atoms with Gasteiger partial charge in [-0.05, 0) is 78.4 Å². The Labute approximate surface area is 134 Å². The molecule has 0 saturated heterocycles. The maximum absolute atomic E-state index is 10.7. The van der Waals surface area contributed by atoms with E-state index in [-0.39, 0.29) is 36.1 Å². The molecule has 3 aliphatic rings. The maximum Gasteiger partial charge on any atom is 0.115 e. The predicted octanol–water partition coefficient (Wildman–Crippen LogP) is 2.58. The van der Waals surface area contributed by atoms with Crippen LogP contribution < -0.4 is 0 Å². The summed E-state index contributed by atoms with van der Waals surface area (Å²) in [7, 11) is 0. The van der Waals surface area contributed by atoms with Crippen molar-refractivity contribution < 1.29 is 23.5 Å². The van der Waals surface area contributed by atoms with Crippen molar-refractivity contribution in [3.05, 3.63) is 29.3 Å². The Morgan fingerprint density at radius 2 is 2.24 bits per heavy atom. The fourth-order valence-corrected chi connectivity index (χ4v) is 4.63. The lowest BCUT2D eigenvalue weighted by atomic mass is 9.55. The van der Waals surface area contributed by atoms with E-state index >= 15 is 0 Å². The van der Waals surface area contributed by atoms with Gasteiger partial charge in [0.1, 0.15) is 5.75 Å². The third-order valence-corrected chi connectivity index (χ3v) is 5.77. The average molecular weight is 294 g/mol. The van der Waals surface area contributed by atoms with Crippen LogP contribution in [0.25, 0.3) is 0 Å². The summed E-state index contributed by atoms with van der Waals surface area (Å²) in [6.45, 7) is 1.59. The Morgan fingerprint density at radius 3 is 3.05 bits per heavy atom. The molecule has 3 aliphatic carbocycles. The van der Waals surface area contributed by atoms with E-state index in [9.17, 15) is 15.3 Å². The molecule has 3 nitrogen and oxygen atoms in total. The van der Waals surface area contributed by atoms with Gasteiger partial charge in [0.2, 0.25) is 0 Å². The summed E-state index contributed by atoms with van der Waals surface area (Å²) in [4.78, 5) is 0. The van der Waals surface area contributed by atoms with Gasteiger partial charge in [-0.3, -0.25) is 0 Å². The van der Waals surface area contributed by atoms with Gasteiger partial charge in [0.15, 0.2) is 0 Å². The molecule has 0 radical (unpaired) electrons. The minimum Gasteiger partial charge on any atom is -0.508 e. The lowest BCUT2D eigenvalue weighted by Gasteiger charge is -2.49. The Hall–Kier alpha value is -1.06. The van der Waals surface area contributed by atoms with Crippen molar-refractivity contribution in [3.8, 4) is 5.75 Å². The van der Waals surface area contributed by atoms with E-state index in [0.717, 1.165) is 5.56 Å². The molecule has 1 aromatic carbocycles. The number of phenols is 1. The van der Waals surface area contributed by atoms with Gasteiger partial charge < -0.3 is 15.3 Å². The second-order valence-corrected chi connectivity index (χ2v) is 6.78. The van der Waals surface area contributed by atoms with Crippen molar-refractivity contribution in [2.24, 2.45) is 17.3 Å². The van der Waals surface area contributed by atoms with Crippen molar-refractivity contribution in [2.45, 2.75) is 57.1 Å². The summed E-state index contributed by atoms with van der Waals surface area (Å²) >= 11 is 0. The standard InChI is InChI=1S/C18H24O3/c1-18-7-6-13-12-5-3-11(19)8-10(12)2-4-14(13)15(18)9-16(20)17(18)21/h3,5,8,13-17,19-21H,2,4,6-7,9H2,1H3/t13?,14-,15?,16+,17+,18+/m1/s1/i3D,8D,9D2,16D,17D. The second kappa shape index (κ2) is 4.47. The molecule has 6 atom stereocenters. The number of hydrogen-bond donors (Lipinski definition) is 3. The van der Waals surface area contributed by atoms with Crippen molar-refractivity contribution in [1.82, 2.24) is 0 Å². The zero-order chi connectivity index (χ0) is 20.2. The summed E-state index contributed by atoms with van der Waals surface area (Å²) in [5, 5.41) is 31.2. The van der Waals surface area contributed by atoms with Gasteiger partial charge in [0.25, 0.3) is 0 Å². The van der Waals surface area contributed by atoms with Crippen LogP contribution in [0.2, 0.25) is 0 Å². The van der Waals surface area contributed by atoms with Crippen LogP contribution in [0.1, 0.15) is 57.8 Å². The first kappa shape index (κ1) is 8.54. The molecule has 3 heteroatoms. The maximum atomic E-state index is 10.7. The first-order chi connectivity index (χ1) is 12.3. The molecule has 0 aromatic heterocycles. The van der Waals surface area contributed by atoms with Gasteiger partial charge in [-0.1, -0.05) is 13.0 Å². The molecule has 1 aromatic rings. The molecule has 114 valence electrons. The van der Waals surface area contributed by atoms with E-state index in [1.807, 2.05) is 0 Å². The number of rotatable bonds is 0. The van der Waals surface area contributed by atoms with E-state index < -0.39 is 29.9 Å². The largest absolute Gasteiger partial charge is 0.508 e. The van der Waals surface area contributed by atoms with Crippen LogP contribution in [-0.4, -0.2) is 27.5 Å². The molecule has 3 N–H and O–H groups in total. The van der Waals surface area contributed by atoms with Gasteiger partial charge in [-0.25, -0.2) is 0 Å². The third-order valence-electron chi connectivity index (χ3n) is 5.77. The van der Waals surface area contributed by atoms with Gasteiger partial charge in [0.05, 0.1) is 17.6 Å². The van der Waals surface area contributed by atoms with E-state index in [0.29, 0.717) is 24.8 Å². The van der Waals surface area contributed by atoms with E-state index in [1.54, 1.807) is 6.92 Å². The fraction of sp³-hybridized carbons (Fsp3) is 0.667. The van der Waals surface area contributed by atoms with Crippen molar-refractivity contribution in [1.29, 1.82) is 0 Å². The highest BCUT2D eigenvalue weighted by Crippen LogP contribution is 2.60. The summed E-state index contributed by atoms with van der Waals surface area (Å²) in [6.07, 6.45) is -6.43. The minimum absolute atomic E-state index is 0.0623. The molecular weight excluding hydrogens is 264 g/mol. The van der Waals surface area contributed by atoms with Crippen molar-refractivity contribution in [2.75, 3.05) is 0 Å². The van der Waals surface area contributed by atoms with Crippen molar-refractivity contribution >= 4 is 0 Å². The molecule has 0 bridgehead atoms.